The maximum absolute atomic E-state index is 5.71. The highest BCUT2D eigenvalue weighted by Crippen LogP contribution is 2.08. The summed E-state index contributed by atoms with van der Waals surface area (Å²) in [5, 5.41) is 1.89. The molecule has 2 rings (SSSR count). The van der Waals surface area contributed by atoms with Crippen LogP contribution in [0.3, 0.4) is 0 Å². The van der Waals surface area contributed by atoms with E-state index >= 15 is 0 Å². The number of piperazine rings is 1. The molecule has 0 unspecified atom stereocenters. The highest BCUT2D eigenvalue weighted by Gasteiger charge is 2.13. The second-order valence-electron chi connectivity index (χ2n) is 4.39. The minimum atomic E-state index is 0.785. The lowest BCUT2D eigenvalue weighted by Gasteiger charge is -2.31. The first-order chi connectivity index (χ1) is 8.34. The second-order valence-corrected chi connectivity index (χ2v) is 4.39. The molecule has 0 amide bonds. The molecule has 0 aliphatic carbocycles. The average molecular weight is 235 g/mol. The molecule has 1 aromatic carbocycles. The molecule has 4 heteroatoms. The van der Waals surface area contributed by atoms with Gasteiger partial charge in [0, 0.05) is 32.7 Å². The van der Waals surface area contributed by atoms with Crippen LogP contribution in [0.15, 0.2) is 30.3 Å². The lowest BCUT2D eigenvalue weighted by molar-refractivity contribution is 0.127. The van der Waals surface area contributed by atoms with Gasteiger partial charge in [-0.3, -0.25) is 5.84 Å². The molecule has 0 saturated carbocycles. The third-order valence-electron chi connectivity index (χ3n) is 3.04. The Morgan fingerprint density at radius 3 is 2.47 bits per heavy atom. The maximum atomic E-state index is 5.71. The predicted molar refractivity (Wildman–Crippen MR) is 68.8 cm³/mol. The van der Waals surface area contributed by atoms with E-state index in [2.05, 4.69) is 4.90 Å². The molecule has 0 spiro atoms. The van der Waals surface area contributed by atoms with Crippen molar-refractivity contribution in [1.82, 2.24) is 9.91 Å². The molecular weight excluding hydrogens is 214 g/mol. The lowest BCUT2D eigenvalue weighted by Crippen LogP contribution is -2.49. The summed E-state index contributed by atoms with van der Waals surface area (Å²) in [5.41, 5.74) is 0. The molecule has 94 valence electrons. The van der Waals surface area contributed by atoms with Crippen LogP contribution in [0, 0.1) is 0 Å². The molecule has 0 bridgehead atoms. The SMILES string of the molecule is NN1CCN(CCCOc2ccccc2)CC1. The summed E-state index contributed by atoms with van der Waals surface area (Å²) in [4.78, 5) is 2.44. The fourth-order valence-electron chi connectivity index (χ4n) is 1.98. The van der Waals surface area contributed by atoms with E-state index in [-0.39, 0.29) is 0 Å². The summed E-state index contributed by atoms with van der Waals surface area (Å²) in [5.74, 6) is 6.67. The lowest BCUT2D eigenvalue weighted by atomic mass is 10.3. The van der Waals surface area contributed by atoms with Gasteiger partial charge in [-0.15, -0.1) is 0 Å². The molecule has 0 aromatic heterocycles. The van der Waals surface area contributed by atoms with Crippen LogP contribution in [-0.4, -0.2) is 49.2 Å². The van der Waals surface area contributed by atoms with Gasteiger partial charge in [-0.05, 0) is 18.6 Å². The topological polar surface area (TPSA) is 41.7 Å². The first-order valence-electron chi connectivity index (χ1n) is 6.24. The van der Waals surface area contributed by atoms with Crippen LogP contribution in [0.1, 0.15) is 6.42 Å². The summed E-state index contributed by atoms with van der Waals surface area (Å²) in [6, 6.07) is 9.98. The van der Waals surface area contributed by atoms with E-state index in [1.807, 2.05) is 35.3 Å². The van der Waals surface area contributed by atoms with Crippen LogP contribution in [0.25, 0.3) is 0 Å². The molecule has 4 nitrogen and oxygen atoms in total. The van der Waals surface area contributed by atoms with Gasteiger partial charge >= 0.3 is 0 Å². The number of hydrazine groups is 1. The van der Waals surface area contributed by atoms with Crippen molar-refractivity contribution < 1.29 is 4.74 Å². The number of para-hydroxylation sites is 1. The molecule has 17 heavy (non-hydrogen) atoms. The molecule has 1 saturated heterocycles. The first-order valence-corrected chi connectivity index (χ1v) is 6.24. The fraction of sp³-hybridized carbons (Fsp3) is 0.538. The maximum Gasteiger partial charge on any atom is 0.119 e. The number of rotatable bonds is 5. The Morgan fingerprint density at radius 1 is 1.06 bits per heavy atom. The van der Waals surface area contributed by atoms with Gasteiger partial charge in [-0.1, -0.05) is 18.2 Å². The van der Waals surface area contributed by atoms with E-state index in [4.69, 9.17) is 10.6 Å². The van der Waals surface area contributed by atoms with Crippen molar-refractivity contribution in [3.8, 4) is 5.75 Å². The molecule has 1 fully saturated rings. The van der Waals surface area contributed by atoms with Gasteiger partial charge in [0.2, 0.25) is 0 Å². The second kappa shape index (κ2) is 6.59. The van der Waals surface area contributed by atoms with Gasteiger partial charge in [0.1, 0.15) is 5.75 Å². The standard InChI is InChI=1S/C13H21N3O/c14-16-10-8-15(9-11-16)7-4-12-17-13-5-2-1-3-6-13/h1-3,5-6H,4,7-12,14H2. The average Bonchev–Trinajstić information content (AvgIpc) is 2.38. The van der Waals surface area contributed by atoms with Crippen LogP contribution in [0.2, 0.25) is 0 Å². The van der Waals surface area contributed by atoms with Gasteiger partial charge in [0.25, 0.3) is 0 Å². The number of nitrogens with two attached hydrogens (primary N) is 1. The zero-order valence-corrected chi connectivity index (χ0v) is 10.2. The Balaban J connectivity index is 1.57. The quantitative estimate of drug-likeness (QED) is 0.609. The molecular formula is C13H21N3O. The zero-order chi connectivity index (χ0) is 11.9. The largest absolute Gasteiger partial charge is 0.494 e. The van der Waals surface area contributed by atoms with Crippen LogP contribution in [0.5, 0.6) is 5.75 Å². The van der Waals surface area contributed by atoms with Gasteiger partial charge in [-0.25, -0.2) is 5.01 Å². The third-order valence-corrected chi connectivity index (χ3v) is 3.04. The van der Waals surface area contributed by atoms with Crippen molar-refractivity contribution in [2.24, 2.45) is 5.84 Å². The number of ether oxygens (including phenoxy) is 1. The Bertz CT molecular complexity index is 310. The van der Waals surface area contributed by atoms with E-state index in [1.165, 1.54) is 0 Å². The van der Waals surface area contributed by atoms with Crippen LogP contribution >= 0.6 is 0 Å². The molecule has 1 aromatic rings. The van der Waals surface area contributed by atoms with Crippen LogP contribution in [-0.2, 0) is 0 Å². The van der Waals surface area contributed by atoms with Crippen molar-refractivity contribution in [3.63, 3.8) is 0 Å². The molecule has 1 aliphatic rings. The first kappa shape index (κ1) is 12.4. The van der Waals surface area contributed by atoms with Crippen molar-refractivity contribution >= 4 is 0 Å². The normalized spacial score (nSPS) is 18.2. The van der Waals surface area contributed by atoms with Gasteiger partial charge < -0.3 is 9.64 Å². The summed E-state index contributed by atoms with van der Waals surface area (Å²) >= 11 is 0. The van der Waals surface area contributed by atoms with Gasteiger partial charge in [0.15, 0.2) is 0 Å². The van der Waals surface area contributed by atoms with Crippen molar-refractivity contribution in [2.45, 2.75) is 6.42 Å². The van der Waals surface area contributed by atoms with Crippen LogP contribution < -0.4 is 10.6 Å². The van der Waals surface area contributed by atoms with Crippen molar-refractivity contribution in [1.29, 1.82) is 0 Å². The molecule has 2 N–H and O–H groups in total. The molecule has 0 radical (unpaired) electrons. The summed E-state index contributed by atoms with van der Waals surface area (Å²) < 4.78 is 5.66. The summed E-state index contributed by atoms with van der Waals surface area (Å²) in [6.45, 7) is 5.97. The van der Waals surface area contributed by atoms with Crippen LogP contribution in [0.4, 0.5) is 0 Å². The monoisotopic (exact) mass is 235 g/mol. The number of benzene rings is 1. The molecule has 1 heterocycles. The highest BCUT2D eigenvalue weighted by molar-refractivity contribution is 5.20. The highest BCUT2D eigenvalue weighted by atomic mass is 16.5. The van der Waals surface area contributed by atoms with Crippen molar-refractivity contribution in [3.05, 3.63) is 30.3 Å². The van der Waals surface area contributed by atoms with Gasteiger partial charge in [-0.2, -0.15) is 0 Å². The molecule has 1 aliphatic heterocycles. The predicted octanol–water partition coefficient (Wildman–Crippen LogP) is 0.947. The van der Waals surface area contributed by atoms with E-state index < -0.39 is 0 Å². The Hall–Kier alpha value is -1.10. The smallest absolute Gasteiger partial charge is 0.119 e. The van der Waals surface area contributed by atoms with E-state index in [0.717, 1.165) is 51.5 Å². The molecule has 0 atom stereocenters. The van der Waals surface area contributed by atoms with E-state index in [9.17, 15) is 0 Å². The minimum absolute atomic E-state index is 0.785. The van der Waals surface area contributed by atoms with Gasteiger partial charge in [0.05, 0.1) is 6.61 Å². The zero-order valence-electron chi connectivity index (χ0n) is 10.2. The minimum Gasteiger partial charge on any atom is -0.494 e. The van der Waals surface area contributed by atoms with E-state index in [1.54, 1.807) is 0 Å². The van der Waals surface area contributed by atoms with E-state index in [0.29, 0.717) is 0 Å². The summed E-state index contributed by atoms with van der Waals surface area (Å²) in [7, 11) is 0. The Labute approximate surface area is 103 Å². The Kier molecular flexibility index (Phi) is 4.79. The third kappa shape index (κ3) is 4.34. The number of nitrogens with zero attached hydrogens (tertiary/aromatic N) is 2. The Morgan fingerprint density at radius 2 is 1.76 bits per heavy atom. The summed E-state index contributed by atoms with van der Waals surface area (Å²) in [6.07, 6.45) is 1.07. The number of hydrogen-bond donors (Lipinski definition) is 1. The number of hydrogen-bond acceptors (Lipinski definition) is 4. The van der Waals surface area contributed by atoms with Crippen molar-refractivity contribution in [2.75, 3.05) is 39.3 Å². The fourth-order valence-corrected chi connectivity index (χ4v) is 1.98.